The van der Waals surface area contributed by atoms with Gasteiger partial charge in [-0.15, -0.1) is 0 Å². The van der Waals surface area contributed by atoms with E-state index in [4.69, 9.17) is 4.42 Å². The summed E-state index contributed by atoms with van der Waals surface area (Å²) in [6.07, 6.45) is 4.13. The second-order valence-corrected chi connectivity index (χ2v) is 5.93. The lowest BCUT2D eigenvalue weighted by atomic mass is 10.1. The van der Waals surface area contributed by atoms with Gasteiger partial charge in [0.2, 0.25) is 5.91 Å². The highest BCUT2D eigenvalue weighted by Gasteiger charge is 2.25. The summed E-state index contributed by atoms with van der Waals surface area (Å²) in [5, 5.41) is 2.95. The number of anilines is 1. The van der Waals surface area contributed by atoms with Crippen molar-refractivity contribution in [1.82, 2.24) is 19.4 Å². The summed E-state index contributed by atoms with van der Waals surface area (Å²) in [6.45, 7) is 1.99. The van der Waals surface area contributed by atoms with Crippen molar-refractivity contribution in [2.24, 2.45) is 7.05 Å². The maximum Gasteiger partial charge on any atom is 0.247 e. The molecule has 1 unspecified atom stereocenters. The van der Waals surface area contributed by atoms with Crippen LogP contribution in [0, 0.1) is 0 Å². The lowest BCUT2D eigenvalue weighted by Crippen LogP contribution is -2.33. The lowest BCUT2D eigenvalue weighted by Gasteiger charge is -2.23. The minimum Gasteiger partial charge on any atom is -0.441 e. The molecule has 1 atom stereocenters. The van der Waals surface area contributed by atoms with E-state index in [0.29, 0.717) is 11.6 Å². The fourth-order valence-electron chi connectivity index (χ4n) is 2.68. The van der Waals surface area contributed by atoms with E-state index < -0.39 is 6.04 Å². The number of carbonyl (C=O) groups is 1. The number of nitrogens with one attached hydrogen (secondary N) is 1. The molecule has 1 aromatic carbocycles. The molecule has 0 spiro atoms. The number of hydrogen-bond donors (Lipinski definition) is 1. The van der Waals surface area contributed by atoms with Crippen LogP contribution in [0.25, 0.3) is 11.1 Å². The molecule has 0 aliphatic rings. The summed E-state index contributed by atoms with van der Waals surface area (Å²) < 4.78 is 7.44. The molecule has 24 heavy (non-hydrogen) atoms. The summed E-state index contributed by atoms with van der Waals surface area (Å²) in [4.78, 5) is 23.1. The number of benzene rings is 1. The summed E-state index contributed by atoms with van der Waals surface area (Å²) >= 11 is 0. The average molecular weight is 327 g/mol. The van der Waals surface area contributed by atoms with Gasteiger partial charge in [-0.25, -0.2) is 9.97 Å². The van der Waals surface area contributed by atoms with Crippen LogP contribution in [0.3, 0.4) is 0 Å². The third kappa shape index (κ3) is 3.03. The molecule has 2 aromatic heterocycles. The van der Waals surface area contributed by atoms with Gasteiger partial charge in [0.1, 0.15) is 11.6 Å². The molecule has 2 heterocycles. The average Bonchev–Trinajstić information content (AvgIpc) is 3.13. The van der Waals surface area contributed by atoms with Gasteiger partial charge >= 0.3 is 0 Å². The monoisotopic (exact) mass is 327 g/mol. The van der Waals surface area contributed by atoms with Gasteiger partial charge in [-0.3, -0.25) is 9.69 Å². The number of oxazole rings is 1. The topological polar surface area (TPSA) is 76.2 Å². The van der Waals surface area contributed by atoms with Crippen molar-refractivity contribution < 1.29 is 9.21 Å². The summed E-state index contributed by atoms with van der Waals surface area (Å²) in [7, 11) is 5.61. The molecule has 0 bridgehead atoms. The van der Waals surface area contributed by atoms with Crippen LogP contribution in [0.15, 0.2) is 35.1 Å². The Kier molecular flexibility index (Phi) is 4.35. The van der Waals surface area contributed by atoms with Crippen LogP contribution in [-0.2, 0) is 18.3 Å². The maximum absolute atomic E-state index is 12.8. The van der Waals surface area contributed by atoms with Crippen molar-refractivity contribution in [3.05, 3.63) is 42.3 Å². The van der Waals surface area contributed by atoms with Gasteiger partial charge in [-0.2, -0.15) is 0 Å². The number of imidazole rings is 1. The van der Waals surface area contributed by atoms with Crippen LogP contribution >= 0.6 is 0 Å². The van der Waals surface area contributed by atoms with Crippen LogP contribution < -0.4 is 5.32 Å². The van der Waals surface area contributed by atoms with Gasteiger partial charge in [0.25, 0.3) is 0 Å². The van der Waals surface area contributed by atoms with Crippen LogP contribution in [0.4, 0.5) is 5.69 Å². The van der Waals surface area contributed by atoms with Gasteiger partial charge in [0.15, 0.2) is 11.5 Å². The van der Waals surface area contributed by atoms with Crippen molar-refractivity contribution >= 4 is 22.7 Å². The number of rotatable bonds is 5. The lowest BCUT2D eigenvalue weighted by molar-refractivity contribution is -0.120. The smallest absolute Gasteiger partial charge is 0.247 e. The van der Waals surface area contributed by atoms with E-state index in [0.717, 1.165) is 23.2 Å². The Morgan fingerprint density at radius 2 is 2.21 bits per heavy atom. The first-order valence-corrected chi connectivity index (χ1v) is 7.82. The molecule has 0 radical (unpaired) electrons. The van der Waals surface area contributed by atoms with E-state index in [9.17, 15) is 4.79 Å². The summed E-state index contributed by atoms with van der Waals surface area (Å²) in [5.74, 6) is 0.566. The Bertz CT molecular complexity index is 865. The van der Waals surface area contributed by atoms with E-state index in [2.05, 4.69) is 15.3 Å². The standard InChI is InChI=1S/C17H21N5O2/c1-5-15-20-12-8-11(6-7-14(12)24-15)19-17(23)16(21(2)3)13-9-18-10-22(13)4/h6-10,16H,5H2,1-4H3,(H,19,23). The van der Waals surface area contributed by atoms with Gasteiger partial charge in [-0.05, 0) is 32.3 Å². The molecular formula is C17H21N5O2. The van der Waals surface area contributed by atoms with Gasteiger partial charge < -0.3 is 14.3 Å². The molecule has 0 saturated carbocycles. The Morgan fingerprint density at radius 1 is 1.42 bits per heavy atom. The molecule has 0 saturated heterocycles. The molecule has 7 nitrogen and oxygen atoms in total. The number of likely N-dealkylation sites (N-methyl/N-ethyl adjacent to an activating group) is 1. The number of fused-ring (bicyclic) bond motifs is 1. The first kappa shape index (κ1) is 16.2. The molecule has 3 rings (SSSR count). The SMILES string of the molecule is CCc1nc2cc(NC(=O)C(c3cncn3C)N(C)C)ccc2o1. The Morgan fingerprint density at radius 3 is 2.83 bits per heavy atom. The quantitative estimate of drug-likeness (QED) is 0.778. The predicted molar refractivity (Wildman–Crippen MR) is 91.7 cm³/mol. The van der Waals surface area contributed by atoms with E-state index in [1.807, 2.05) is 55.7 Å². The molecule has 1 amide bonds. The zero-order valence-electron chi connectivity index (χ0n) is 14.3. The summed E-state index contributed by atoms with van der Waals surface area (Å²) in [6, 6.07) is 5.04. The number of carbonyl (C=O) groups excluding carboxylic acids is 1. The molecule has 7 heteroatoms. The number of amides is 1. The fraction of sp³-hybridized carbons (Fsp3) is 0.353. The minimum atomic E-state index is -0.434. The van der Waals surface area contributed by atoms with Crippen molar-refractivity contribution in [3.8, 4) is 0 Å². The molecule has 0 aliphatic heterocycles. The van der Waals surface area contributed by atoms with Crippen molar-refractivity contribution in [2.45, 2.75) is 19.4 Å². The third-order valence-electron chi connectivity index (χ3n) is 3.90. The first-order chi connectivity index (χ1) is 11.5. The summed E-state index contributed by atoms with van der Waals surface area (Å²) in [5.41, 5.74) is 2.98. The Hall–Kier alpha value is -2.67. The van der Waals surface area contributed by atoms with Crippen molar-refractivity contribution in [3.63, 3.8) is 0 Å². The van der Waals surface area contributed by atoms with Gasteiger partial charge in [0, 0.05) is 19.2 Å². The Balaban J connectivity index is 1.86. The predicted octanol–water partition coefficient (Wildman–Crippen LogP) is 2.37. The highest BCUT2D eigenvalue weighted by Crippen LogP contribution is 2.23. The van der Waals surface area contributed by atoms with Gasteiger partial charge in [-0.1, -0.05) is 6.92 Å². The number of hydrogen-bond acceptors (Lipinski definition) is 5. The highest BCUT2D eigenvalue weighted by molar-refractivity contribution is 5.96. The molecule has 0 aliphatic carbocycles. The second-order valence-electron chi connectivity index (χ2n) is 5.93. The maximum atomic E-state index is 12.8. The van der Waals surface area contributed by atoms with Crippen LogP contribution in [-0.4, -0.2) is 39.4 Å². The van der Waals surface area contributed by atoms with Crippen molar-refractivity contribution in [2.75, 3.05) is 19.4 Å². The van der Waals surface area contributed by atoms with E-state index in [-0.39, 0.29) is 5.91 Å². The largest absolute Gasteiger partial charge is 0.441 e. The zero-order valence-corrected chi connectivity index (χ0v) is 14.3. The highest BCUT2D eigenvalue weighted by atomic mass is 16.3. The van der Waals surface area contributed by atoms with E-state index in [1.54, 1.807) is 12.5 Å². The number of aromatic nitrogens is 3. The van der Waals surface area contributed by atoms with E-state index >= 15 is 0 Å². The first-order valence-electron chi connectivity index (χ1n) is 7.82. The minimum absolute atomic E-state index is 0.123. The van der Waals surface area contributed by atoms with Crippen LogP contribution in [0.2, 0.25) is 0 Å². The number of aryl methyl sites for hydroxylation is 2. The fourth-order valence-corrected chi connectivity index (χ4v) is 2.68. The second kappa shape index (κ2) is 6.45. The van der Waals surface area contributed by atoms with E-state index in [1.165, 1.54) is 0 Å². The molecule has 1 N–H and O–H groups in total. The number of nitrogens with zero attached hydrogens (tertiary/aromatic N) is 4. The molecular weight excluding hydrogens is 306 g/mol. The normalized spacial score (nSPS) is 12.7. The van der Waals surface area contributed by atoms with Crippen molar-refractivity contribution in [1.29, 1.82) is 0 Å². The third-order valence-corrected chi connectivity index (χ3v) is 3.90. The molecule has 126 valence electrons. The van der Waals surface area contributed by atoms with Crippen LogP contribution in [0.1, 0.15) is 24.6 Å². The Labute approximate surface area is 140 Å². The molecule has 3 aromatic rings. The van der Waals surface area contributed by atoms with Gasteiger partial charge in [0.05, 0.1) is 18.2 Å². The molecule has 0 fully saturated rings. The zero-order chi connectivity index (χ0) is 17.3. The van der Waals surface area contributed by atoms with Crippen LogP contribution in [0.5, 0.6) is 0 Å².